The Morgan fingerprint density at radius 1 is 1.41 bits per heavy atom. The maximum absolute atomic E-state index is 11.7. The number of amides is 2. The van der Waals surface area contributed by atoms with Crippen LogP contribution in [0.5, 0.6) is 0 Å². The van der Waals surface area contributed by atoms with Crippen molar-refractivity contribution in [1.29, 1.82) is 0 Å². The fraction of sp³-hybridized carbons (Fsp3) is 0.231. The lowest BCUT2D eigenvalue weighted by Gasteiger charge is -2.22. The van der Waals surface area contributed by atoms with Gasteiger partial charge in [0.25, 0.3) is 0 Å². The van der Waals surface area contributed by atoms with E-state index < -0.39 is 0 Å². The number of benzene rings is 1. The van der Waals surface area contributed by atoms with Crippen LogP contribution in [0.4, 0.5) is 11.4 Å². The highest BCUT2D eigenvalue weighted by Gasteiger charge is 2.15. The number of rotatable bonds is 2. The van der Waals surface area contributed by atoms with Crippen molar-refractivity contribution in [3.05, 3.63) is 36.5 Å². The first-order valence-corrected chi connectivity index (χ1v) is 5.53. The molecule has 1 aliphatic heterocycles. The minimum atomic E-state index is -0.123. The van der Waals surface area contributed by atoms with E-state index in [0.29, 0.717) is 12.1 Å². The van der Waals surface area contributed by atoms with Crippen molar-refractivity contribution in [3.63, 3.8) is 0 Å². The quantitative estimate of drug-likeness (QED) is 0.847. The minimum absolute atomic E-state index is 0.0764. The monoisotopic (exact) mass is 230 g/mol. The van der Waals surface area contributed by atoms with Crippen LogP contribution in [0.3, 0.4) is 0 Å². The van der Waals surface area contributed by atoms with Crippen LogP contribution in [0.1, 0.15) is 19.8 Å². The molecule has 0 aliphatic carbocycles. The predicted octanol–water partition coefficient (Wildman–Crippen LogP) is 2.29. The van der Waals surface area contributed by atoms with Crippen LogP contribution >= 0.6 is 0 Å². The highest BCUT2D eigenvalue weighted by atomic mass is 16.2. The van der Waals surface area contributed by atoms with E-state index in [0.717, 1.165) is 12.1 Å². The largest absolute Gasteiger partial charge is 0.326 e. The van der Waals surface area contributed by atoms with E-state index in [2.05, 4.69) is 5.32 Å². The molecule has 0 aromatic heterocycles. The molecule has 0 atom stereocenters. The van der Waals surface area contributed by atoms with Gasteiger partial charge >= 0.3 is 0 Å². The Kier molecular flexibility index (Phi) is 3.23. The van der Waals surface area contributed by atoms with Crippen LogP contribution in [-0.4, -0.2) is 11.8 Å². The molecule has 0 radical (unpaired) electrons. The summed E-state index contributed by atoms with van der Waals surface area (Å²) < 4.78 is 0. The summed E-state index contributed by atoms with van der Waals surface area (Å²) in [5, 5.41) is 2.70. The van der Waals surface area contributed by atoms with Crippen molar-refractivity contribution in [2.75, 3.05) is 10.2 Å². The summed E-state index contributed by atoms with van der Waals surface area (Å²) in [7, 11) is 0. The molecule has 2 rings (SSSR count). The molecule has 2 amide bonds. The fourth-order valence-electron chi connectivity index (χ4n) is 1.76. The van der Waals surface area contributed by atoms with Crippen molar-refractivity contribution >= 4 is 23.2 Å². The molecule has 1 aromatic rings. The second-order valence-corrected chi connectivity index (χ2v) is 3.92. The third kappa shape index (κ3) is 2.72. The number of anilines is 2. The van der Waals surface area contributed by atoms with Gasteiger partial charge in [0.15, 0.2) is 0 Å². The van der Waals surface area contributed by atoms with Crippen LogP contribution in [0.2, 0.25) is 0 Å². The molecular formula is C13H14N2O2. The second-order valence-electron chi connectivity index (χ2n) is 3.92. The van der Waals surface area contributed by atoms with E-state index in [4.69, 9.17) is 0 Å². The molecule has 88 valence electrons. The van der Waals surface area contributed by atoms with Crippen molar-refractivity contribution in [2.45, 2.75) is 19.8 Å². The van der Waals surface area contributed by atoms with Crippen LogP contribution in [0.15, 0.2) is 36.5 Å². The van der Waals surface area contributed by atoms with Gasteiger partial charge in [-0.25, -0.2) is 0 Å². The minimum Gasteiger partial charge on any atom is -0.326 e. The van der Waals surface area contributed by atoms with E-state index in [9.17, 15) is 9.59 Å². The third-order valence-corrected chi connectivity index (χ3v) is 2.49. The van der Waals surface area contributed by atoms with Gasteiger partial charge in [-0.15, -0.1) is 0 Å². The van der Waals surface area contributed by atoms with Gasteiger partial charge < -0.3 is 5.32 Å². The van der Waals surface area contributed by atoms with Gasteiger partial charge in [0.2, 0.25) is 11.8 Å². The molecule has 1 aliphatic rings. The smallest absolute Gasteiger partial charge is 0.231 e. The van der Waals surface area contributed by atoms with E-state index in [1.807, 2.05) is 18.2 Å². The summed E-state index contributed by atoms with van der Waals surface area (Å²) in [5.41, 5.74) is 1.47. The fourth-order valence-corrected chi connectivity index (χ4v) is 1.76. The number of allylic oxidation sites excluding steroid dienone is 1. The van der Waals surface area contributed by atoms with Gasteiger partial charge in [-0.3, -0.25) is 14.5 Å². The molecule has 1 N–H and O–H groups in total. The zero-order chi connectivity index (χ0) is 12.3. The molecule has 0 spiro atoms. The Bertz CT molecular complexity index is 480. The summed E-state index contributed by atoms with van der Waals surface area (Å²) in [5.74, 6) is -0.0462. The highest BCUT2D eigenvalue weighted by Crippen LogP contribution is 2.23. The number of nitrogens with zero attached hydrogens (tertiary/aromatic N) is 1. The van der Waals surface area contributed by atoms with E-state index in [1.54, 1.807) is 23.2 Å². The van der Waals surface area contributed by atoms with Gasteiger partial charge in [-0.05, 0) is 24.6 Å². The Balaban J connectivity index is 2.26. The summed E-state index contributed by atoms with van der Waals surface area (Å²) in [6.07, 6.45) is 5.06. The number of nitrogens with one attached hydrogen (secondary N) is 1. The normalized spacial score (nSPS) is 14.9. The SMILES string of the molecule is CC(=O)Nc1cccc(N2C=CCCC2=O)c1. The molecule has 0 saturated heterocycles. The van der Waals surface area contributed by atoms with E-state index in [-0.39, 0.29) is 11.8 Å². The Hall–Kier alpha value is -2.10. The highest BCUT2D eigenvalue weighted by molar-refractivity contribution is 5.97. The van der Waals surface area contributed by atoms with Crippen LogP contribution in [-0.2, 0) is 9.59 Å². The summed E-state index contributed by atoms with van der Waals surface area (Å²) in [4.78, 5) is 24.3. The maximum atomic E-state index is 11.7. The Labute approximate surface area is 99.9 Å². The average Bonchev–Trinajstić information content (AvgIpc) is 2.29. The summed E-state index contributed by atoms with van der Waals surface area (Å²) in [6.45, 7) is 1.46. The van der Waals surface area contributed by atoms with Crippen molar-refractivity contribution in [3.8, 4) is 0 Å². The average molecular weight is 230 g/mol. The molecule has 0 fully saturated rings. The van der Waals surface area contributed by atoms with Crippen molar-refractivity contribution in [2.24, 2.45) is 0 Å². The van der Waals surface area contributed by atoms with Crippen LogP contribution in [0.25, 0.3) is 0 Å². The van der Waals surface area contributed by atoms with Gasteiger partial charge in [-0.1, -0.05) is 12.1 Å². The van der Waals surface area contributed by atoms with Crippen LogP contribution < -0.4 is 10.2 Å². The second kappa shape index (κ2) is 4.82. The van der Waals surface area contributed by atoms with Crippen LogP contribution in [0, 0.1) is 0 Å². The first-order chi connectivity index (χ1) is 8.16. The standard InChI is InChI=1S/C13H14N2O2/c1-10(16)14-11-5-4-6-12(9-11)15-8-3-2-7-13(15)17/h3-6,8-9H,2,7H2,1H3,(H,14,16). The first-order valence-electron chi connectivity index (χ1n) is 5.53. The summed E-state index contributed by atoms with van der Waals surface area (Å²) in [6, 6.07) is 7.24. The molecule has 1 heterocycles. The molecule has 17 heavy (non-hydrogen) atoms. The number of hydrogen-bond donors (Lipinski definition) is 1. The Morgan fingerprint density at radius 3 is 2.94 bits per heavy atom. The molecule has 0 unspecified atom stereocenters. The maximum Gasteiger partial charge on any atom is 0.231 e. The molecular weight excluding hydrogens is 216 g/mol. The number of carbonyl (C=O) groups is 2. The van der Waals surface area contributed by atoms with Crippen molar-refractivity contribution in [1.82, 2.24) is 0 Å². The molecule has 4 heteroatoms. The molecule has 0 saturated carbocycles. The lowest BCUT2D eigenvalue weighted by Crippen LogP contribution is -2.27. The lowest BCUT2D eigenvalue weighted by atomic mass is 10.2. The van der Waals surface area contributed by atoms with E-state index >= 15 is 0 Å². The van der Waals surface area contributed by atoms with Gasteiger partial charge in [0.05, 0.1) is 5.69 Å². The zero-order valence-corrected chi connectivity index (χ0v) is 9.64. The summed E-state index contributed by atoms with van der Waals surface area (Å²) >= 11 is 0. The van der Waals surface area contributed by atoms with E-state index in [1.165, 1.54) is 6.92 Å². The number of carbonyl (C=O) groups excluding carboxylic acids is 2. The Morgan fingerprint density at radius 2 is 2.24 bits per heavy atom. The molecule has 0 bridgehead atoms. The molecule has 4 nitrogen and oxygen atoms in total. The first kappa shape index (κ1) is 11.4. The van der Waals surface area contributed by atoms with Crippen molar-refractivity contribution < 1.29 is 9.59 Å². The predicted molar refractivity (Wildman–Crippen MR) is 66.6 cm³/mol. The molecule has 1 aromatic carbocycles. The number of hydrogen-bond acceptors (Lipinski definition) is 2. The van der Waals surface area contributed by atoms with Gasteiger partial charge in [-0.2, -0.15) is 0 Å². The topological polar surface area (TPSA) is 49.4 Å². The van der Waals surface area contributed by atoms with Gasteiger partial charge in [0, 0.05) is 25.2 Å². The van der Waals surface area contributed by atoms with Gasteiger partial charge in [0.1, 0.15) is 0 Å². The lowest BCUT2D eigenvalue weighted by molar-refractivity contribution is -0.118. The zero-order valence-electron chi connectivity index (χ0n) is 9.64. The third-order valence-electron chi connectivity index (χ3n) is 2.49.